The van der Waals surface area contributed by atoms with Crippen LogP contribution < -0.4 is 5.73 Å². The number of aliphatic hydroxyl groups is 1. The summed E-state index contributed by atoms with van der Waals surface area (Å²) in [5.74, 6) is 0. The Morgan fingerprint density at radius 3 is 2.82 bits per heavy atom. The van der Waals surface area contributed by atoms with Gasteiger partial charge in [0.15, 0.2) is 0 Å². The molecule has 0 bridgehead atoms. The molecule has 94 valence electrons. The first-order valence-corrected chi connectivity index (χ1v) is 6.39. The van der Waals surface area contributed by atoms with Gasteiger partial charge in [0.1, 0.15) is 0 Å². The molecule has 5 heteroatoms. The van der Waals surface area contributed by atoms with Crippen LogP contribution >= 0.6 is 23.2 Å². The molecule has 17 heavy (non-hydrogen) atoms. The van der Waals surface area contributed by atoms with Gasteiger partial charge in [-0.1, -0.05) is 29.3 Å². The first-order valence-electron chi connectivity index (χ1n) is 5.63. The van der Waals surface area contributed by atoms with Gasteiger partial charge in [-0.2, -0.15) is 0 Å². The van der Waals surface area contributed by atoms with Crippen molar-refractivity contribution in [2.24, 2.45) is 5.73 Å². The molecule has 0 aliphatic carbocycles. The third kappa shape index (κ3) is 2.44. The number of aliphatic hydroxyl groups excluding tert-OH is 1. The highest BCUT2D eigenvalue weighted by Gasteiger charge is 2.31. The van der Waals surface area contributed by atoms with Gasteiger partial charge in [0.2, 0.25) is 0 Å². The number of hydrogen-bond acceptors (Lipinski definition) is 3. The van der Waals surface area contributed by atoms with E-state index in [0.29, 0.717) is 29.7 Å². The van der Waals surface area contributed by atoms with E-state index in [4.69, 9.17) is 28.9 Å². The van der Waals surface area contributed by atoms with Crippen molar-refractivity contribution in [1.29, 1.82) is 0 Å². The maximum absolute atomic E-state index is 9.49. The van der Waals surface area contributed by atoms with Crippen LogP contribution in [0.15, 0.2) is 12.1 Å². The quantitative estimate of drug-likeness (QED) is 0.889. The Kier molecular flexibility index (Phi) is 3.95. The fraction of sp³-hybridized carbons (Fsp3) is 0.500. The van der Waals surface area contributed by atoms with Crippen LogP contribution in [0.4, 0.5) is 0 Å². The summed E-state index contributed by atoms with van der Waals surface area (Å²) < 4.78 is 0. The van der Waals surface area contributed by atoms with Gasteiger partial charge in [-0.25, -0.2) is 0 Å². The van der Waals surface area contributed by atoms with Gasteiger partial charge < -0.3 is 10.8 Å². The first-order chi connectivity index (χ1) is 8.04. The average Bonchev–Trinajstić information content (AvgIpc) is 2.61. The lowest BCUT2D eigenvalue weighted by molar-refractivity contribution is 0.106. The molecule has 1 aromatic carbocycles. The van der Waals surface area contributed by atoms with Gasteiger partial charge >= 0.3 is 0 Å². The molecule has 2 atom stereocenters. The van der Waals surface area contributed by atoms with Crippen LogP contribution in [0.25, 0.3) is 0 Å². The zero-order chi connectivity index (χ0) is 12.6. The second-order valence-corrected chi connectivity index (χ2v) is 5.24. The summed E-state index contributed by atoms with van der Waals surface area (Å²) in [6.07, 6.45) is -0.382. The molecule has 2 rings (SSSR count). The molecular weight excluding hydrogens is 259 g/mol. The highest BCUT2D eigenvalue weighted by Crippen LogP contribution is 2.39. The van der Waals surface area contributed by atoms with Crippen molar-refractivity contribution in [2.45, 2.75) is 25.6 Å². The molecule has 3 N–H and O–H groups in total. The van der Waals surface area contributed by atoms with Crippen LogP contribution in [0, 0.1) is 0 Å². The Morgan fingerprint density at radius 1 is 1.53 bits per heavy atom. The van der Waals surface area contributed by atoms with Crippen molar-refractivity contribution >= 4 is 23.2 Å². The van der Waals surface area contributed by atoms with E-state index in [-0.39, 0.29) is 12.1 Å². The summed E-state index contributed by atoms with van der Waals surface area (Å²) in [6, 6.07) is 3.90. The van der Waals surface area contributed by atoms with Crippen LogP contribution in [0.1, 0.15) is 24.1 Å². The number of halogens is 2. The summed E-state index contributed by atoms with van der Waals surface area (Å²) >= 11 is 12.2. The normalized spacial score (nSPS) is 21.6. The van der Waals surface area contributed by atoms with E-state index in [1.165, 1.54) is 0 Å². The SMILES string of the molecule is CC(O)CN1Cc2c(ccc(Cl)c2Cl)C1CN. The monoisotopic (exact) mass is 274 g/mol. The van der Waals surface area contributed by atoms with Crippen LogP contribution in [-0.2, 0) is 6.54 Å². The van der Waals surface area contributed by atoms with Crippen molar-refractivity contribution in [3.8, 4) is 0 Å². The molecular formula is C12H16Cl2N2O. The number of β-amino-alcohol motifs (C(OH)–C–C–N with tert-alkyl or cyclic N) is 1. The summed E-state index contributed by atoms with van der Waals surface area (Å²) in [4.78, 5) is 2.14. The van der Waals surface area contributed by atoms with Gasteiger partial charge in [-0.15, -0.1) is 0 Å². The van der Waals surface area contributed by atoms with Crippen molar-refractivity contribution < 1.29 is 5.11 Å². The van der Waals surface area contributed by atoms with Crippen LogP contribution in [-0.4, -0.2) is 29.2 Å². The molecule has 1 aliphatic rings. The summed E-state index contributed by atoms with van der Waals surface area (Å²) in [6.45, 7) is 3.56. The Hall–Kier alpha value is -0.320. The molecule has 0 amide bonds. The molecule has 0 radical (unpaired) electrons. The minimum Gasteiger partial charge on any atom is -0.392 e. The molecule has 3 nitrogen and oxygen atoms in total. The topological polar surface area (TPSA) is 49.5 Å². The lowest BCUT2D eigenvalue weighted by atomic mass is 10.0. The third-order valence-electron chi connectivity index (χ3n) is 3.12. The van der Waals surface area contributed by atoms with E-state index in [9.17, 15) is 5.11 Å². The molecule has 1 aromatic rings. The van der Waals surface area contributed by atoms with Crippen molar-refractivity contribution in [3.63, 3.8) is 0 Å². The lowest BCUT2D eigenvalue weighted by Crippen LogP contribution is -2.33. The fourth-order valence-electron chi connectivity index (χ4n) is 2.40. The van der Waals surface area contributed by atoms with E-state index in [1.54, 1.807) is 13.0 Å². The molecule has 0 saturated carbocycles. The van der Waals surface area contributed by atoms with Crippen molar-refractivity contribution in [1.82, 2.24) is 4.90 Å². The van der Waals surface area contributed by atoms with E-state index < -0.39 is 0 Å². The predicted octanol–water partition coefficient (Wildman–Crippen LogP) is 2.19. The van der Waals surface area contributed by atoms with Gasteiger partial charge in [-0.3, -0.25) is 4.90 Å². The second kappa shape index (κ2) is 5.12. The Labute approximate surface area is 111 Å². The minimum absolute atomic E-state index is 0.120. The van der Waals surface area contributed by atoms with E-state index in [1.807, 2.05) is 6.07 Å². The van der Waals surface area contributed by atoms with Crippen molar-refractivity contribution in [3.05, 3.63) is 33.3 Å². The molecule has 0 fully saturated rings. The summed E-state index contributed by atoms with van der Waals surface area (Å²) in [7, 11) is 0. The summed E-state index contributed by atoms with van der Waals surface area (Å²) in [5, 5.41) is 10.7. The number of fused-ring (bicyclic) bond motifs is 1. The number of nitrogens with two attached hydrogens (primary N) is 1. The predicted molar refractivity (Wildman–Crippen MR) is 70.3 cm³/mol. The van der Waals surface area contributed by atoms with Crippen molar-refractivity contribution in [2.75, 3.05) is 13.1 Å². The maximum atomic E-state index is 9.49. The minimum atomic E-state index is -0.382. The number of nitrogens with zero attached hydrogens (tertiary/aromatic N) is 1. The smallest absolute Gasteiger partial charge is 0.0640 e. The van der Waals surface area contributed by atoms with Crippen LogP contribution in [0.3, 0.4) is 0 Å². The largest absolute Gasteiger partial charge is 0.392 e. The molecule has 0 saturated heterocycles. The zero-order valence-corrected chi connectivity index (χ0v) is 11.2. The highest BCUT2D eigenvalue weighted by molar-refractivity contribution is 6.42. The molecule has 0 spiro atoms. The maximum Gasteiger partial charge on any atom is 0.0640 e. The number of rotatable bonds is 3. The number of hydrogen-bond donors (Lipinski definition) is 2. The molecule has 0 aromatic heterocycles. The van der Waals surface area contributed by atoms with E-state index in [0.717, 1.165) is 11.1 Å². The van der Waals surface area contributed by atoms with Gasteiger partial charge in [0.25, 0.3) is 0 Å². The Bertz CT molecular complexity index is 423. The molecule has 1 heterocycles. The Morgan fingerprint density at radius 2 is 2.24 bits per heavy atom. The van der Waals surface area contributed by atoms with Gasteiger partial charge in [0, 0.05) is 25.7 Å². The standard InChI is InChI=1S/C12H16Cl2N2O/c1-7(17)5-16-6-9-8(11(16)4-15)2-3-10(13)12(9)14/h2-3,7,11,17H,4-6,15H2,1H3. The number of benzene rings is 1. The van der Waals surface area contributed by atoms with Crippen LogP contribution in [0.2, 0.25) is 10.0 Å². The molecule has 2 unspecified atom stereocenters. The first kappa shape index (κ1) is 13.1. The average molecular weight is 275 g/mol. The van der Waals surface area contributed by atoms with Gasteiger partial charge in [0.05, 0.1) is 16.1 Å². The zero-order valence-electron chi connectivity index (χ0n) is 9.66. The highest BCUT2D eigenvalue weighted by atomic mass is 35.5. The Balaban J connectivity index is 2.34. The molecule has 1 aliphatic heterocycles. The van der Waals surface area contributed by atoms with Gasteiger partial charge in [-0.05, 0) is 24.1 Å². The van der Waals surface area contributed by atoms with Crippen LogP contribution in [0.5, 0.6) is 0 Å². The fourth-order valence-corrected chi connectivity index (χ4v) is 2.81. The second-order valence-electron chi connectivity index (χ2n) is 4.46. The lowest BCUT2D eigenvalue weighted by Gasteiger charge is -2.24. The van der Waals surface area contributed by atoms with E-state index in [2.05, 4.69) is 4.90 Å². The third-order valence-corrected chi connectivity index (χ3v) is 3.96. The van der Waals surface area contributed by atoms with E-state index >= 15 is 0 Å². The summed E-state index contributed by atoms with van der Waals surface area (Å²) in [5.41, 5.74) is 7.97.